The van der Waals surface area contributed by atoms with Crippen molar-refractivity contribution in [2.24, 2.45) is 0 Å². The van der Waals surface area contributed by atoms with Gasteiger partial charge in [0.25, 0.3) is 0 Å². The second-order valence-corrected chi connectivity index (χ2v) is 22.5. The van der Waals surface area contributed by atoms with Gasteiger partial charge < -0.3 is 89.9 Å². The lowest BCUT2D eigenvalue weighted by atomic mass is 9.96. The molecule has 17 unspecified atom stereocenters. The Balaban J connectivity index is 1.51. The average molecular weight is 1190 g/mol. The summed E-state index contributed by atoms with van der Waals surface area (Å²) in [6, 6.07) is -1.01. The number of amides is 1. The average Bonchev–Trinajstić information content (AvgIpc) is 2.82. The minimum atomic E-state index is -1.99. The second-order valence-electron chi connectivity index (χ2n) is 22.5. The van der Waals surface area contributed by atoms with E-state index in [1.54, 1.807) is 6.08 Å². The Morgan fingerprint density at radius 3 is 1.33 bits per heavy atom. The van der Waals surface area contributed by atoms with Crippen LogP contribution in [0.4, 0.5) is 0 Å². The van der Waals surface area contributed by atoms with Gasteiger partial charge in [0.05, 0.1) is 38.6 Å². The van der Waals surface area contributed by atoms with E-state index in [0.717, 1.165) is 77.0 Å². The molecule has 3 aliphatic heterocycles. The molecular weight excluding hydrogens is 1080 g/mol. The number of aliphatic hydroxyl groups excluding tert-OH is 11. The first-order chi connectivity index (χ1) is 40.8. The van der Waals surface area contributed by atoms with Crippen LogP contribution < -0.4 is 5.32 Å². The van der Waals surface area contributed by atoms with Crippen molar-refractivity contribution in [1.29, 1.82) is 0 Å². The summed E-state index contributed by atoms with van der Waals surface area (Å²) >= 11 is 0. The van der Waals surface area contributed by atoms with Gasteiger partial charge in [-0.15, -0.1) is 0 Å². The molecule has 0 saturated carbocycles. The van der Waals surface area contributed by atoms with Gasteiger partial charge in [0.15, 0.2) is 18.9 Å². The van der Waals surface area contributed by atoms with Gasteiger partial charge in [0.1, 0.15) is 73.2 Å². The predicted octanol–water partition coefficient (Wildman–Crippen LogP) is 6.76. The van der Waals surface area contributed by atoms with Crippen LogP contribution in [-0.2, 0) is 33.2 Å². The summed E-state index contributed by atoms with van der Waals surface area (Å²) in [4.78, 5) is 13.3. The molecule has 0 aliphatic carbocycles. The molecule has 0 spiro atoms. The van der Waals surface area contributed by atoms with E-state index in [4.69, 9.17) is 28.4 Å². The molecule has 19 nitrogen and oxygen atoms in total. The third-order valence-electron chi connectivity index (χ3n) is 15.4. The van der Waals surface area contributed by atoms with Crippen molar-refractivity contribution in [3.05, 3.63) is 85.1 Å². The zero-order chi connectivity index (χ0) is 61.2. The Hall–Kier alpha value is -3.03. The molecule has 12 N–H and O–H groups in total. The standard InChI is InChI=1S/C65H111NO18/c1-3-5-7-9-11-13-15-17-19-21-22-23-24-25-27-28-30-32-34-36-38-40-42-49(70)48(66-53(71)43-41-39-37-35-33-31-29-26-20-18-16-14-12-10-8-6-4-2)47-79-63-59(77)56(74)61(51(45-68)81-63)84-65-60(78)57(75)62(52(46-69)82-65)83-64-58(76)55(73)54(72)50(44-67)80-64/h6,8,12,14,18,20,25,27,29,31-32,34,40,42,48-52,54-65,67-70,72-78H,3-5,7,9-11,13,15-17,19,21-24,26,28,30,33,35-39,41,43-47H2,1-2H3,(H,66,71)/b8-6-,14-12-,20-18-,27-25+,31-29-,34-32+,42-40+. The van der Waals surface area contributed by atoms with E-state index in [0.29, 0.717) is 12.8 Å². The largest absolute Gasteiger partial charge is 0.394 e. The van der Waals surface area contributed by atoms with Gasteiger partial charge in [0.2, 0.25) is 5.91 Å². The van der Waals surface area contributed by atoms with Gasteiger partial charge in [-0.2, -0.15) is 0 Å². The van der Waals surface area contributed by atoms with Gasteiger partial charge in [-0.3, -0.25) is 4.79 Å². The highest BCUT2D eigenvalue weighted by molar-refractivity contribution is 5.76. The number of nitrogens with one attached hydrogen (secondary N) is 1. The molecule has 1 amide bonds. The third kappa shape index (κ3) is 29.8. The van der Waals surface area contributed by atoms with E-state index >= 15 is 0 Å². The maximum absolute atomic E-state index is 13.3. The maximum atomic E-state index is 13.3. The Kier molecular flexibility index (Phi) is 42.1. The van der Waals surface area contributed by atoms with Crippen molar-refractivity contribution in [2.75, 3.05) is 26.4 Å². The second kappa shape index (κ2) is 47.0. The highest BCUT2D eigenvalue weighted by atomic mass is 16.8. The molecule has 0 aromatic rings. The molecular formula is C65H111NO18. The van der Waals surface area contributed by atoms with Gasteiger partial charge >= 0.3 is 0 Å². The first kappa shape index (κ1) is 75.2. The summed E-state index contributed by atoms with van der Waals surface area (Å²) in [5.41, 5.74) is 0. The van der Waals surface area contributed by atoms with Gasteiger partial charge in [-0.25, -0.2) is 0 Å². The van der Waals surface area contributed by atoms with Crippen LogP contribution >= 0.6 is 0 Å². The van der Waals surface area contributed by atoms with Crippen molar-refractivity contribution < 1.29 is 89.4 Å². The van der Waals surface area contributed by atoms with Crippen LogP contribution in [0.25, 0.3) is 0 Å². The van der Waals surface area contributed by atoms with E-state index in [1.807, 2.05) is 6.08 Å². The van der Waals surface area contributed by atoms with Gasteiger partial charge in [0, 0.05) is 6.42 Å². The highest BCUT2D eigenvalue weighted by Crippen LogP contribution is 2.33. The van der Waals surface area contributed by atoms with E-state index in [9.17, 15) is 61.0 Å². The van der Waals surface area contributed by atoms with E-state index in [-0.39, 0.29) is 18.9 Å². The summed E-state index contributed by atoms with van der Waals surface area (Å²) in [6.45, 7) is 1.55. The lowest BCUT2D eigenvalue weighted by Crippen LogP contribution is -2.66. The first-order valence-electron chi connectivity index (χ1n) is 31.8. The topological polar surface area (TPSA) is 307 Å². The van der Waals surface area contributed by atoms with Crippen LogP contribution in [0.2, 0.25) is 0 Å². The molecule has 0 bridgehead atoms. The van der Waals surface area contributed by atoms with Crippen molar-refractivity contribution in [3.63, 3.8) is 0 Å². The Labute approximate surface area is 501 Å². The quantitative estimate of drug-likeness (QED) is 0.0221. The predicted molar refractivity (Wildman–Crippen MR) is 323 cm³/mol. The smallest absolute Gasteiger partial charge is 0.220 e. The van der Waals surface area contributed by atoms with E-state index < -0.39 is 124 Å². The van der Waals surface area contributed by atoms with Crippen LogP contribution in [0.5, 0.6) is 0 Å². The fourth-order valence-electron chi connectivity index (χ4n) is 10.2. The molecule has 0 aromatic heterocycles. The number of carbonyl (C=O) groups excluding carboxylic acids is 1. The zero-order valence-electron chi connectivity index (χ0n) is 50.6. The lowest BCUT2D eigenvalue weighted by molar-refractivity contribution is -0.379. The first-order valence-corrected chi connectivity index (χ1v) is 31.8. The Bertz CT molecular complexity index is 1860. The van der Waals surface area contributed by atoms with Gasteiger partial charge in [-0.05, 0) is 83.5 Å². The van der Waals surface area contributed by atoms with Crippen LogP contribution in [0.15, 0.2) is 85.1 Å². The normalized spacial score (nSPS) is 29.8. The SMILES string of the molecule is CC/C=C\C/C=C\C/C=C\C/C=C\CCCCCCC(=O)NC(COC1OC(CO)C(OC2OC(CO)C(OC3OC(CO)C(O)C(O)C3O)C(O)C2O)C(O)C1O)C(O)/C=C/CC/C=C/CC/C=C/CCCCCCCCCCCCCC. The molecule has 0 aromatic carbocycles. The van der Waals surface area contributed by atoms with Gasteiger partial charge in [-0.1, -0.05) is 182 Å². The lowest BCUT2D eigenvalue weighted by Gasteiger charge is -2.48. The minimum Gasteiger partial charge on any atom is -0.394 e. The summed E-state index contributed by atoms with van der Waals surface area (Å²) in [5, 5.41) is 120. The summed E-state index contributed by atoms with van der Waals surface area (Å²) in [6.07, 6.45) is 31.3. The molecule has 84 heavy (non-hydrogen) atoms. The van der Waals surface area contributed by atoms with Crippen LogP contribution in [0, 0.1) is 0 Å². The molecule has 484 valence electrons. The van der Waals surface area contributed by atoms with Crippen LogP contribution in [0.1, 0.15) is 187 Å². The van der Waals surface area contributed by atoms with E-state index in [2.05, 4.69) is 92.1 Å². The minimum absolute atomic E-state index is 0.199. The van der Waals surface area contributed by atoms with Crippen molar-refractivity contribution in [1.82, 2.24) is 5.32 Å². The highest BCUT2D eigenvalue weighted by Gasteiger charge is 2.53. The fourth-order valence-corrected chi connectivity index (χ4v) is 10.2. The van der Waals surface area contributed by atoms with E-state index in [1.165, 1.54) is 77.0 Å². The number of aliphatic hydroxyl groups is 11. The summed E-state index contributed by atoms with van der Waals surface area (Å²) < 4.78 is 34.2. The number of allylic oxidation sites excluding steroid dienone is 13. The van der Waals surface area contributed by atoms with Crippen LogP contribution in [-0.4, -0.2) is 193 Å². The molecule has 19 heteroatoms. The van der Waals surface area contributed by atoms with Crippen LogP contribution in [0.3, 0.4) is 0 Å². The molecule has 17 atom stereocenters. The monoisotopic (exact) mass is 1190 g/mol. The molecule has 3 heterocycles. The molecule has 0 radical (unpaired) electrons. The molecule has 3 rings (SSSR count). The fraction of sp³-hybridized carbons (Fsp3) is 0.769. The Morgan fingerprint density at radius 2 is 0.833 bits per heavy atom. The summed E-state index contributed by atoms with van der Waals surface area (Å²) in [7, 11) is 0. The third-order valence-corrected chi connectivity index (χ3v) is 15.4. The molecule has 3 saturated heterocycles. The van der Waals surface area contributed by atoms with Crippen molar-refractivity contribution in [2.45, 2.75) is 291 Å². The summed E-state index contributed by atoms with van der Waals surface area (Å²) in [5.74, 6) is -0.317. The number of ether oxygens (including phenoxy) is 6. The number of carbonyl (C=O) groups is 1. The molecule has 3 aliphatic rings. The number of rotatable bonds is 46. The number of hydrogen-bond donors (Lipinski definition) is 12. The molecule has 3 fully saturated rings. The van der Waals surface area contributed by atoms with Crippen molar-refractivity contribution in [3.8, 4) is 0 Å². The zero-order valence-corrected chi connectivity index (χ0v) is 50.6. The Morgan fingerprint density at radius 1 is 0.440 bits per heavy atom. The van der Waals surface area contributed by atoms with Crippen molar-refractivity contribution >= 4 is 5.91 Å². The number of hydrogen-bond acceptors (Lipinski definition) is 18. The number of unbranched alkanes of at least 4 members (excludes halogenated alkanes) is 18. The maximum Gasteiger partial charge on any atom is 0.220 e.